The molecule has 2 aromatic carbocycles. The summed E-state index contributed by atoms with van der Waals surface area (Å²) in [6.07, 6.45) is 1.30. The van der Waals surface area contributed by atoms with E-state index in [0.717, 1.165) is 23.8 Å². The molecule has 0 radical (unpaired) electrons. The lowest BCUT2D eigenvalue weighted by molar-refractivity contribution is 0.107. The van der Waals surface area contributed by atoms with E-state index in [1.807, 2.05) is 11.0 Å². The Balaban J connectivity index is 1.48. The number of fused-ring (bicyclic) bond motifs is 2. The normalized spacial score (nSPS) is 22.7. The third-order valence-corrected chi connectivity index (χ3v) is 10.6. The van der Waals surface area contributed by atoms with Crippen LogP contribution in [0.5, 0.6) is 11.8 Å². The van der Waals surface area contributed by atoms with Crippen LogP contribution in [-0.2, 0) is 0 Å². The second kappa shape index (κ2) is 11.9. The molecule has 0 amide bonds. The summed E-state index contributed by atoms with van der Waals surface area (Å²) in [4.78, 5) is 12.3. The highest BCUT2D eigenvalue weighted by molar-refractivity contribution is 7.23. The highest BCUT2D eigenvalue weighted by atomic mass is 35.5. The van der Waals surface area contributed by atoms with Gasteiger partial charge in [-0.1, -0.05) is 29.8 Å². The number of halogens is 6. The summed E-state index contributed by atoms with van der Waals surface area (Å²) >= 11 is 7.75. The van der Waals surface area contributed by atoms with E-state index in [4.69, 9.17) is 26.8 Å². The van der Waals surface area contributed by atoms with Crippen LogP contribution in [-0.4, -0.2) is 71.9 Å². The summed E-state index contributed by atoms with van der Waals surface area (Å²) in [5.41, 5.74) is 4.89. The molecule has 4 aromatic rings. The number of alkyl halides is 3. The number of nitrogens with zero attached hydrogens (tertiary/aromatic N) is 5. The fourth-order valence-corrected chi connectivity index (χ4v) is 8.49. The van der Waals surface area contributed by atoms with Crippen molar-refractivity contribution in [2.24, 2.45) is 0 Å². The van der Waals surface area contributed by atoms with E-state index in [-0.39, 0.29) is 91.5 Å². The number of ether oxygens (including phenoxy) is 2. The number of nitrogens with two attached hydrogens (primary N) is 1. The Hall–Kier alpha value is -3.93. The van der Waals surface area contributed by atoms with Gasteiger partial charge in [-0.2, -0.15) is 15.2 Å². The van der Waals surface area contributed by atoms with Crippen LogP contribution >= 0.6 is 22.9 Å². The van der Waals surface area contributed by atoms with Gasteiger partial charge in [0.05, 0.1) is 38.8 Å². The fourth-order valence-electron chi connectivity index (χ4n) is 7.20. The Morgan fingerprint density at radius 2 is 2.11 bits per heavy atom. The zero-order valence-corrected chi connectivity index (χ0v) is 26.6. The predicted octanol–water partition coefficient (Wildman–Crippen LogP) is 7.26. The van der Waals surface area contributed by atoms with Gasteiger partial charge in [0.25, 0.3) is 6.43 Å². The van der Waals surface area contributed by atoms with Crippen molar-refractivity contribution >= 4 is 54.7 Å². The molecule has 0 spiro atoms. The van der Waals surface area contributed by atoms with Crippen molar-refractivity contribution in [3.05, 3.63) is 46.5 Å². The first kappa shape index (κ1) is 31.7. The Morgan fingerprint density at radius 3 is 2.85 bits per heavy atom. The summed E-state index contributed by atoms with van der Waals surface area (Å²) in [5.74, 6) is -1.79. The van der Waals surface area contributed by atoms with Gasteiger partial charge in [-0.25, -0.2) is 22.0 Å². The van der Waals surface area contributed by atoms with Gasteiger partial charge in [0.2, 0.25) is 0 Å². The maximum atomic E-state index is 17.0. The van der Waals surface area contributed by atoms with E-state index in [2.05, 4.69) is 9.97 Å². The molecule has 7 rings (SSSR count). The Morgan fingerprint density at radius 1 is 1.30 bits per heavy atom. The van der Waals surface area contributed by atoms with Crippen LogP contribution < -0.4 is 20.1 Å². The maximum absolute atomic E-state index is 17.0. The molecule has 8 nitrogen and oxygen atoms in total. The number of rotatable bonds is 7. The van der Waals surface area contributed by atoms with Crippen LogP contribution in [0.3, 0.4) is 0 Å². The number of hydrogen-bond donors (Lipinski definition) is 1. The topological polar surface area (TPSA) is 101 Å². The number of nitrogen functional groups attached to an aromatic ring is 1. The molecule has 2 aromatic heterocycles. The minimum absolute atomic E-state index is 0.00915. The SMILES string of the molecule is C/C=C/[C@H]1COc2c(Cl)c(-c3ccc(F)c4sc(N)c(C#N)c34)c(F)c3nc(OC[C@@]45CCCN4C[C@H](F)C5)nc(c23)N1CC(F)F. The molecule has 47 heavy (non-hydrogen) atoms. The van der Waals surface area contributed by atoms with Crippen molar-refractivity contribution in [2.45, 2.75) is 50.4 Å². The first-order valence-corrected chi connectivity index (χ1v) is 16.2. The average Bonchev–Trinajstić information content (AvgIpc) is 3.65. The van der Waals surface area contributed by atoms with Crippen molar-refractivity contribution in [2.75, 3.05) is 43.5 Å². The number of hydrogen-bond acceptors (Lipinski definition) is 9. The molecule has 3 aliphatic heterocycles. The van der Waals surface area contributed by atoms with Crippen molar-refractivity contribution < 1.29 is 31.4 Å². The van der Waals surface area contributed by atoms with Crippen molar-refractivity contribution in [3.63, 3.8) is 0 Å². The van der Waals surface area contributed by atoms with Crippen LogP contribution in [0.15, 0.2) is 24.3 Å². The second-order valence-electron chi connectivity index (χ2n) is 11.9. The Bertz CT molecular complexity index is 1990. The molecule has 3 atom stereocenters. The molecular weight excluding hydrogens is 663 g/mol. The third kappa shape index (κ3) is 5.10. The molecule has 246 valence electrons. The lowest BCUT2D eigenvalue weighted by Gasteiger charge is -2.31. The van der Waals surface area contributed by atoms with Gasteiger partial charge in [0, 0.05) is 23.9 Å². The number of allylic oxidation sites excluding steroid dienone is 1. The lowest BCUT2D eigenvalue weighted by Crippen LogP contribution is -2.43. The van der Waals surface area contributed by atoms with Gasteiger partial charge in [0.15, 0.2) is 11.6 Å². The monoisotopic (exact) mass is 690 g/mol. The van der Waals surface area contributed by atoms with Crippen LogP contribution in [0.1, 0.15) is 31.7 Å². The number of thiophene rings is 1. The Labute approximate surface area is 275 Å². The van der Waals surface area contributed by atoms with Crippen molar-refractivity contribution in [1.82, 2.24) is 14.9 Å². The maximum Gasteiger partial charge on any atom is 0.319 e. The van der Waals surface area contributed by atoms with Gasteiger partial charge in [-0.15, -0.1) is 11.3 Å². The molecule has 0 aliphatic carbocycles. The minimum atomic E-state index is -2.80. The molecule has 0 unspecified atom stereocenters. The van der Waals surface area contributed by atoms with Gasteiger partial charge in [-0.3, -0.25) is 4.90 Å². The van der Waals surface area contributed by atoms with E-state index < -0.39 is 42.4 Å². The minimum Gasteiger partial charge on any atom is -0.489 e. The van der Waals surface area contributed by atoms with E-state index in [1.165, 1.54) is 11.0 Å². The predicted molar refractivity (Wildman–Crippen MR) is 170 cm³/mol. The summed E-state index contributed by atoms with van der Waals surface area (Å²) < 4.78 is 86.8. The molecule has 2 saturated heterocycles. The van der Waals surface area contributed by atoms with E-state index in [0.29, 0.717) is 13.0 Å². The van der Waals surface area contributed by atoms with E-state index in [9.17, 15) is 22.8 Å². The van der Waals surface area contributed by atoms with Gasteiger partial charge < -0.3 is 20.1 Å². The molecule has 0 saturated carbocycles. The standard InChI is InChI=1S/C32H28ClF5N6O2S/c1-2-4-16-13-45-27-23-26(25(38)22(24(27)33)17-5-6-19(35)28-21(17)18(10-39)29(40)47-28)41-31(42-30(23)44(16)12-20(36)37)46-14-32-7-3-8-43(32)11-15(34)9-32/h2,4-6,15-16,20H,3,7-9,11-14,40H2,1H3/b4-2+/t15-,16+,32+/m1/s1. The van der Waals surface area contributed by atoms with Crippen molar-refractivity contribution in [3.8, 4) is 29.0 Å². The smallest absolute Gasteiger partial charge is 0.319 e. The fraction of sp³-hybridized carbons (Fsp3) is 0.406. The number of benzene rings is 2. The first-order valence-electron chi connectivity index (χ1n) is 15.0. The second-order valence-corrected chi connectivity index (χ2v) is 13.4. The highest BCUT2D eigenvalue weighted by Crippen LogP contribution is 2.51. The summed E-state index contributed by atoms with van der Waals surface area (Å²) in [6, 6.07) is 3.32. The van der Waals surface area contributed by atoms with Crippen LogP contribution in [0.25, 0.3) is 32.1 Å². The van der Waals surface area contributed by atoms with Gasteiger partial charge in [0.1, 0.15) is 47.6 Å². The first-order chi connectivity index (χ1) is 22.6. The molecule has 0 bridgehead atoms. The molecule has 15 heteroatoms. The van der Waals surface area contributed by atoms with E-state index in [1.54, 1.807) is 19.1 Å². The zero-order valence-electron chi connectivity index (χ0n) is 25.0. The number of anilines is 2. The number of aromatic nitrogens is 2. The third-order valence-electron chi connectivity index (χ3n) is 9.19. The number of nitriles is 1. The summed E-state index contributed by atoms with van der Waals surface area (Å²) in [6.45, 7) is 1.79. The zero-order chi connectivity index (χ0) is 33.2. The van der Waals surface area contributed by atoms with Gasteiger partial charge in [-0.05, 0) is 37.9 Å². The lowest BCUT2D eigenvalue weighted by atomic mass is 9.95. The molecule has 2 N–H and O–H groups in total. The molecular formula is C32H28ClF5N6O2S. The molecule has 3 aliphatic rings. The van der Waals surface area contributed by atoms with Crippen LogP contribution in [0, 0.1) is 23.0 Å². The van der Waals surface area contributed by atoms with Crippen LogP contribution in [0.2, 0.25) is 5.02 Å². The average molecular weight is 691 g/mol. The van der Waals surface area contributed by atoms with Crippen molar-refractivity contribution in [1.29, 1.82) is 5.26 Å². The quantitative estimate of drug-likeness (QED) is 0.160. The largest absolute Gasteiger partial charge is 0.489 e. The van der Waals surface area contributed by atoms with Gasteiger partial charge >= 0.3 is 6.01 Å². The Kier molecular flexibility index (Phi) is 8.05. The summed E-state index contributed by atoms with van der Waals surface area (Å²) in [7, 11) is 0. The molecule has 5 heterocycles. The summed E-state index contributed by atoms with van der Waals surface area (Å²) in [5, 5.41) is 9.69. The van der Waals surface area contributed by atoms with Crippen LogP contribution in [0.4, 0.5) is 32.8 Å². The molecule has 2 fully saturated rings. The van der Waals surface area contributed by atoms with E-state index >= 15 is 4.39 Å². The highest BCUT2D eigenvalue weighted by Gasteiger charge is 2.49.